The largest absolute Gasteiger partial charge is 0.487 e. The molecule has 178 valence electrons. The summed E-state index contributed by atoms with van der Waals surface area (Å²) >= 11 is 3.46. The molecular weight excluding hydrogens is 502 g/mol. The molecule has 3 aromatic carbocycles. The fourth-order valence-electron chi connectivity index (χ4n) is 4.00. The lowest BCUT2D eigenvalue weighted by Gasteiger charge is -2.16. The van der Waals surface area contributed by atoms with Crippen LogP contribution in [0, 0.1) is 5.92 Å². The van der Waals surface area contributed by atoms with Gasteiger partial charge in [-0.05, 0) is 65.8 Å². The van der Waals surface area contributed by atoms with Crippen molar-refractivity contribution in [3.05, 3.63) is 117 Å². The smallest absolute Gasteiger partial charge is 0.337 e. The van der Waals surface area contributed by atoms with E-state index >= 15 is 0 Å². The number of aromatic carboxylic acids is 1. The number of carboxylic acids is 1. The zero-order valence-electron chi connectivity index (χ0n) is 19.9. The molecule has 0 bridgehead atoms. The molecule has 4 aromatic rings. The summed E-state index contributed by atoms with van der Waals surface area (Å²) in [6.07, 6.45) is 1.59. The second-order valence-corrected chi connectivity index (χ2v) is 9.90. The van der Waals surface area contributed by atoms with E-state index in [1.807, 2.05) is 66.7 Å². The number of pyridine rings is 1. The lowest BCUT2D eigenvalue weighted by atomic mass is 9.95. The zero-order valence-corrected chi connectivity index (χ0v) is 21.5. The van der Waals surface area contributed by atoms with Crippen molar-refractivity contribution in [1.29, 1.82) is 0 Å². The van der Waals surface area contributed by atoms with E-state index in [1.54, 1.807) is 6.07 Å². The molecule has 0 fully saturated rings. The van der Waals surface area contributed by atoms with E-state index in [4.69, 9.17) is 9.72 Å². The second kappa shape index (κ2) is 11.3. The Bertz CT molecular complexity index is 1280. The van der Waals surface area contributed by atoms with E-state index in [1.165, 1.54) is 11.1 Å². The quantitative estimate of drug-likeness (QED) is 0.242. The van der Waals surface area contributed by atoms with Crippen molar-refractivity contribution < 1.29 is 14.6 Å². The van der Waals surface area contributed by atoms with Gasteiger partial charge in [-0.15, -0.1) is 0 Å². The summed E-state index contributed by atoms with van der Waals surface area (Å²) in [4.78, 5) is 16.9. The first-order chi connectivity index (χ1) is 16.9. The van der Waals surface area contributed by atoms with Gasteiger partial charge in [0, 0.05) is 15.7 Å². The minimum Gasteiger partial charge on any atom is -0.487 e. The van der Waals surface area contributed by atoms with Gasteiger partial charge >= 0.3 is 5.97 Å². The third-order valence-electron chi connectivity index (χ3n) is 5.72. The second-order valence-electron chi connectivity index (χ2n) is 8.98. The minimum atomic E-state index is -1.01. The standard InChI is InChI=1S/C30H28BrNO3/c1-20(2)16-28-26(23-10-12-24(31)13-11-23)18-27(30(33)34)29(32-28)19-35-25-14-8-22(9-15-25)17-21-6-4-3-5-7-21/h3-15,18,20H,16-17,19H2,1-2H3,(H,33,34). The number of aromatic nitrogens is 1. The SMILES string of the molecule is CC(C)Cc1nc(COc2ccc(Cc3ccccc3)cc2)c(C(=O)O)cc1-c1ccc(Br)cc1. The van der Waals surface area contributed by atoms with Gasteiger partial charge in [0.25, 0.3) is 0 Å². The van der Waals surface area contributed by atoms with E-state index in [2.05, 4.69) is 41.9 Å². The topological polar surface area (TPSA) is 59.4 Å². The van der Waals surface area contributed by atoms with E-state index < -0.39 is 5.97 Å². The number of carbonyl (C=O) groups is 1. The van der Waals surface area contributed by atoms with Gasteiger partial charge in [0.05, 0.1) is 11.3 Å². The van der Waals surface area contributed by atoms with Crippen LogP contribution in [0.3, 0.4) is 0 Å². The molecule has 35 heavy (non-hydrogen) atoms. The summed E-state index contributed by atoms with van der Waals surface area (Å²) in [5, 5.41) is 9.92. The molecule has 1 aromatic heterocycles. The highest BCUT2D eigenvalue weighted by Crippen LogP contribution is 2.29. The van der Waals surface area contributed by atoms with Gasteiger partial charge in [-0.3, -0.25) is 4.98 Å². The summed E-state index contributed by atoms with van der Waals surface area (Å²) in [6.45, 7) is 4.35. The molecule has 0 saturated carbocycles. The van der Waals surface area contributed by atoms with Gasteiger partial charge in [-0.1, -0.05) is 84.4 Å². The molecule has 4 nitrogen and oxygen atoms in total. The number of halogens is 1. The van der Waals surface area contributed by atoms with Crippen molar-refractivity contribution in [2.75, 3.05) is 0 Å². The Hall–Kier alpha value is -3.44. The summed E-state index contributed by atoms with van der Waals surface area (Å²) in [7, 11) is 0. The lowest BCUT2D eigenvalue weighted by Crippen LogP contribution is -2.12. The molecule has 0 aliphatic carbocycles. The number of benzene rings is 3. The average molecular weight is 530 g/mol. The van der Waals surface area contributed by atoms with E-state index in [-0.39, 0.29) is 12.2 Å². The van der Waals surface area contributed by atoms with Crippen molar-refractivity contribution in [2.45, 2.75) is 33.3 Å². The van der Waals surface area contributed by atoms with Gasteiger partial charge in [-0.2, -0.15) is 0 Å². The van der Waals surface area contributed by atoms with Crippen molar-refractivity contribution >= 4 is 21.9 Å². The molecule has 0 unspecified atom stereocenters. The molecule has 0 spiro atoms. The summed E-state index contributed by atoms with van der Waals surface area (Å²) in [5.41, 5.74) is 5.70. The number of nitrogens with zero attached hydrogens (tertiary/aromatic N) is 1. The van der Waals surface area contributed by atoms with Gasteiger partial charge in [0.2, 0.25) is 0 Å². The molecule has 0 aliphatic rings. The highest BCUT2D eigenvalue weighted by molar-refractivity contribution is 9.10. The van der Waals surface area contributed by atoms with Crippen LogP contribution in [0.5, 0.6) is 5.75 Å². The number of hydrogen-bond acceptors (Lipinski definition) is 3. The Kier molecular flexibility index (Phi) is 7.98. The van der Waals surface area contributed by atoms with Crippen LogP contribution in [-0.2, 0) is 19.4 Å². The van der Waals surface area contributed by atoms with Gasteiger partial charge < -0.3 is 9.84 Å². The molecule has 0 atom stereocenters. The third kappa shape index (κ3) is 6.58. The molecule has 0 aliphatic heterocycles. The predicted molar refractivity (Wildman–Crippen MR) is 143 cm³/mol. The number of rotatable bonds is 9. The molecule has 0 radical (unpaired) electrons. The van der Waals surface area contributed by atoms with Crippen LogP contribution in [-0.4, -0.2) is 16.1 Å². The monoisotopic (exact) mass is 529 g/mol. The molecule has 0 amide bonds. The first-order valence-electron chi connectivity index (χ1n) is 11.7. The molecular formula is C30H28BrNO3. The fraction of sp³-hybridized carbons (Fsp3) is 0.200. The highest BCUT2D eigenvalue weighted by Gasteiger charge is 2.19. The number of carboxylic acid groups (broad SMARTS) is 1. The van der Waals surface area contributed by atoms with E-state index in [9.17, 15) is 9.90 Å². The number of hydrogen-bond donors (Lipinski definition) is 1. The first kappa shape index (κ1) is 24.7. The van der Waals surface area contributed by atoms with Crippen LogP contribution in [0.2, 0.25) is 0 Å². The zero-order chi connectivity index (χ0) is 24.8. The Balaban J connectivity index is 1.57. The van der Waals surface area contributed by atoms with Crippen LogP contribution in [0.25, 0.3) is 11.1 Å². The average Bonchev–Trinajstić information content (AvgIpc) is 2.84. The van der Waals surface area contributed by atoms with E-state index in [0.29, 0.717) is 17.4 Å². The molecule has 1 heterocycles. The van der Waals surface area contributed by atoms with Crippen molar-refractivity contribution in [2.24, 2.45) is 5.92 Å². The van der Waals surface area contributed by atoms with Crippen LogP contribution in [0.4, 0.5) is 0 Å². The van der Waals surface area contributed by atoms with Crippen molar-refractivity contribution in [3.63, 3.8) is 0 Å². The normalized spacial score (nSPS) is 11.0. The lowest BCUT2D eigenvalue weighted by molar-refractivity contribution is 0.0693. The molecule has 0 saturated heterocycles. The van der Waals surface area contributed by atoms with Crippen molar-refractivity contribution in [1.82, 2.24) is 4.98 Å². The van der Waals surface area contributed by atoms with Crippen LogP contribution in [0.15, 0.2) is 89.4 Å². The summed E-state index contributed by atoms with van der Waals surface area (Å²) in [5.74, 6) is 0.0458. The van der Waals surface area contributed by atoms with Crippen molar-refractivity contribution in [3.8, 4) is 16.9 Å². The highest BCUT2D eigenvalue weighted by atomic mass is 79.9. The third-order valence-corrected chi connectivity index (χ3v) is 6.25. The van der Waals surface area contributed by atoms with E-state index in [0.717, 1.165) is 34.1 Å². The summed E-state index contributed by atoms with van der Waals surface area (Å²) < 4.78 is 6.95. The Labute approximate surface area is 214 Å². The van der Waals surface area contributed by atoms with Crippen LogP contribution < -0.4 is 4.74 Å². The Morgan fingerprint density at radius 3 is 2.20 bits per heavy atom. The Morgan fingerprint density at radius 2 is 1.57 bits per heavy atom. The number of ether oxygens (including phenoxy) is 1. The molecule has 4 rings (SSSR count). The summed E-state index contributed by atoms with van der Waals surface area (Å²) in [6, 6.07) is 27.8. The van der Waals surface area contributed by atoms with Gasteiger partial charge in [0.1, 0.15) is 12.4 Å². The van der Waals surface area contributed by atoms with Crippen LogP contribution >= 0.6 is 15.9 Å². The fourth-order valence-corrected chi connectivity index (χ4v) is 4.26. The first-order valence-corrected chi connectivity index (χ1v) is 12.5. The molecule has 5 heteroatoms. The Morgan fingerprint density at radius 1 is 0.914 bits per heavy atom. The van der Waals surface area contributed by atoms with Gasteiger partial charge in [0.15, 0.2) is 0 Å². The maximum atomic E-state index is 12.1. The maximum Gasteiger partial charge on any atom is 0.337 e. The van der Waals surface area contributed by atoms with Crippen LogP contribution in [0.1, 0.15) is 46.7 Å². The molecule has 1 N–H and O–H groups in total. The maximum absolute atomic E-state index is 12.1. The van der Waals surface area contributed by atoms with Gasteiger partial charge in [-0.25, -0.2) is 4.79 Å². The minimum absolute atomic E-state index is 0.0887. The predicted octanol–water partition coefficient (Wildman–Crippen LogP) is 7.58.